The van der Waals surface area contributed by atoms with Crippen LogP contribution < -0.4 is 5.32 Å². The SMILES string of the molecule is CC(=O)OC[C@@H]1O[C@H](OC(C)=O)[C@H](NC(=O)c2ccc([N+](=O)[O-])o2)[C@H](OC(C)=O)[C@@H]1OC(C)=O. The topological polar surface area (TPSA) is 200 Å². The Kier molecular flexibility index (Phi) is 8.66. The van der Waals surface area contributed by atoms with E-state index in [1.165, 1.54) is 0 Å². The molecule has 1 fully saturated rings. The van der Waals surface area contributed by atoms with Gasteiger partial charge in [0.25, 0.3) is 5.91 Å². The van der Waals surface area contributed by atoms with Crippen molar-refractivity contribution in [3.8, 4) is 0 Å². The van der Waals surface area contributed by atoms with Crippen molar-refractivity contribution in [2.45, 2.75) is 58.3 Å². The Labute approximate surface area is 191 Å². The van der Waals surface area contributed by atoms with Gasteiger partial charge in [-0.25, -0.2) is 0 Å². The van der Waals surface area contributed by atoms with Gasteiger partial charge in [-0.1, -0.05) is 0 Å². The van der Waals surface area contributed by atoms with Crippen LogP contribution in [0.4, 0.5) is 5.88 Å². The number of esters is 4. The molecule has 1 aliphatic heterocycles. The van der Waals surface area contributed by atoms with Gasteiger partial charge in [0.1, 0.15) is 23.7 Å². The Morgan fingerprint density at radius 3 is 2.03 bits per heavy atom. The molecule has 1 aliphatic rings. The maximum atomic E-state index is 12.7. The predicted octanol–water partition coefficient (Wildman–Crippen LogP) is 0.000700. The third-order valence-electron chi connectivity index (χ3n) is 4.28. The maximum absolute atomic E-state index is 12.7. The van der Waals surface area contributed by atoms with E-state index in [2.05, 4.69) is 5.32 Å². The van der Waals surface area contributed by atoms with Crippen LogP contribution >= 0.6 is 0 Å². The molecule has 1 N–H and O–H groups in total. The summed E-state index contributed by atoms with van der Waals surface area (Å²) in [6.07, 6.45) is -5.78. The highest BCUT2D eigenvalue weighted by molar-refractivity contribution is 5.92. The van der Waals surface area contributed by atoms with Crippen LogP contribution in [-0.4, -0.2) is 72.0 Å². The fourth-order valence-corrected chi connectivity index (χ4v) is 3.09. The normalized spacial score (nSPS) is 23.8. The molecule has 15 heteroatoms. The molecular weight excluding hydrogens is 464 g/mol. The molecule has 0 unspecified atom stereocenters. The molecule has 5 atom stereocenters. The highest BCUT2D eigenvalue weighted by atomic mass is 16.7. The molecule has 0 aromatic carbocycles. The number of ether oxygens (including phenoxy) is 5. The number of hydrogen-bond acceptors (Lipinski definition) is 13. The first-order chi connectivity index (χ1) is 15.9. The highest BCUT2D eigenvalue weighted by Crippen LogP contribution is 2.28. The van der Waals surface area contributed by atoms with Crippen LogP contribution in [0.25, 0.3) is 0 Å². The van der Waals surface area contributed by atoms with Crippen molar-refractivity contribution in [3.63, 3.8) is 0 Å². The molecule has 0 radical (unpaired) electrons. The molecule has 1 aromatic rings. The second-order valence-electron chi connectivity index (χ2n) is 7.00. The van der Waals surface area contributed by atoms with E-state index < -0.39 is 83.6 Å². The fourth-order valence-electron chi connectivity index (χ4n) is 3.09. The maximum Gasteiger partial charge on any atom is 0.433 e. The lowest BCUT2D eigenvalue weighted by Gasteiger charge is -2.44. The lowest BCUT2D eigenvalue weighted by atomic mass is 9.96. The van der Waals surface area contributed by atoms with Crippen LogP contribution in [0.3, 0.4) is 0 Å². The van der Waals surface area contributed by atoms with E-state index in [0.717, 1.165) is 39.8 Å². The third-order valence-corrected chi connectivity index (χ3v) is 4.28. The summed E-state index contributed by atoms with van der Waals surface area (Å²) in [6.45, 7) is 3.77. The van der Waals surface area contributed by atoms with Crippen molar-refractivity contribution >= 4 is 35.7 Å². The summed E-state index contributed by atoms with van der Waals surface area (Å²) < 4.78 is 31.0. The average Bonchev–Trinajstić information content (AvgIpc) is 3.20. The largest absolute Gasteiger partial charge is 0.463 e. The van der Waals surface area contributed by atoms with Crippen molar-refractivity contribution in [1.82, 2.24) is 5.32 Å². The van der Waals surface area contributed by atoms with Crippen molar-refractivity contribution < 1.29 is 57.0 Å². The quantitative estimate of drug-likeness (QED) is 0.223. The standard InChI is InChI=1S/C19H22N2O13/c1-8(22)29-7-13-16(30-9(2)23)17(31-10(3)24)15(19(34-13)32-11(4)25)20-18(26)12-5-6-14(33-12)21(27)28/h5-6,13,15-17,19H,7H2,1-4H3,(H,20,26)/t13-,15+,16+,17-,19-/m0/s1. The van der Waals surface area contributed by atoms with E-state index in [9.17, 15) is 34.1 Å². The number of carbonyl (C=O) groups excluding carboxylic acids is 5. The molecule has 0 saturated carbocycles. The predicted molar refractivity (Wildman–Crippen MR) is 105 cm³/mol. The summed E-state index contributed by atoms with van der Waals surface area (Å²) in [4.78, 5) is 69.2. The Bertz CT molecular complexity index is 971. The van der Waals surface area contributed by atoms with E-state index in [-0.39, 0.29) is 0 Å². The van der Waals surface area contributed by atoms with Crippen LogP contribution in [0, 0.1) is 10.1 Å². The summed E-state index contributed by atoms with van der Waals surface area (Å²) >= 11 is 0. The molecule has 1 amide bonds. The molecule has 1 saturated heterocycles. The summed E-state index contributed by atoms with van der Waals surface area (Å²) in [5, 5.41) is 13.2. The Morgan fingerprint density at radius 1 is 0.941 bits per heavy atom. The molecule has 2 heterocycles. The molecule has 1 aromatic heterocycles. The minimum atomic E-state index is -1.61. The number of amides is 1. The second-order valence-corrected chi connectivity index (χ2v) is 7.00. The van der Waals surface area contributed by atoms with E-state index in [1.807, 2.05) is 0 Å². The summed E-state index contributed by atoms with van der Waals surface area (Å²) in [7, 11) is 0. The van der Waals surface area contributed by atoms with Crippen LogP contribution in [0.2, 0.25) is 0 Å². The molecular formula is C19H22N2O13. The number of rotatable bonds is 8. The molecule has 186 valence electrons. The van der Waals surface area contributed by atoms with Gasteiger partial charge in [0.05, 0.1) is 6.07 Å². The molecule has 0 aliphatic carbocycles. The van der Waals surface area contributed by atoms with E-state index >= 15 is 0 Å². The van der Waals surface area contributed by atoms with Crippen LogP contribution in [0.5, 0.6) is 0 Å². The zero-order valence-corrected chi connectivity index (χ0v) is 18.5. The monoisotopic (exact) mass is 486 g/mol. The minimum Gasteiger partial charge on any atom is -0.463 e. The first-order valence-corrected chi connectivity index (χ1v) is 9.74. The summed E-state index contributed by atoms with van der Waals surface area (Å²) in [6, 6.07) is 0.490. The lowest BCUT2D eigenvalue weighted by Crippen LogP contribution is -2.67. The van der Waals surface area contributed by atoms with Crippen LogP contribution in [0.15, 0.2) is 16.5 Å². The smallest absolute Gasteiger partial charge is 0.433 e. The zero-order valence-electron chi connectivity index (χ0n) is 18.5. The number of carbonyl (C=O) groups is 5. The van der Waals surface area contributed by atoms with E-state index in [4.69, 9.17) is 28.1 Å². The highest BCUT2D eigenvalue weighted by Gasteiger charge is 2.52. The van der Waals surface area contributed by atoms with Gasteiger partial charge < -0.3 is 33.4 Å². The molecule has 15 nitrogen and oxygen atoms in total. The molecule has 34 heavy (non-hydrogen) atoms. The number of nitrogens with zero attached hydrogens (tertiary/aromatic N) is 1. The van der Waals surface area contributed by atoms with Crippen molar-refractivity contribution in [2.24, 2.45) is 0 Å². The molecule has 0 bridgehead atoms. The number of nitro groups is 1. The van der Waals surface area contributed by atoms with Crippen molar-refractivity contribution in [2.75, 3.05) is 6.61 Å². The van der Waals surface area contributed by atoms with Gasteiger partial charge in [-0.15, -0.1) is 0 Å². The van der Waals surface area contributed by atoms with Crippen LogP contribution in [-0.2, 0) is 42.9 Å². The first-order valence-electron chi connectivity index (χ1n) is 9.74. The molecule has 0 spiro atoms. The van der Waals surface area contributed by atoms with E-state index in [0.29, 0.717) is 0 Å². The second kappa shape index (κ2) is 11.2. The van der Waals surface area contributed by atoms with Crippen LogP contribution in [0.1, 0.15) is 38.2 Å². The Hall–Kier alpha value is -4.01. The number of hydrogen-bond donors (Lipinski definition) is 1. The zero-order chi connectivity index (χ0) is 25.6. The van der Waals surface area contributed by atoms with Gasteiger partial charge in [-0.3, -0.25) is 34.1 Å². The van der Waals surface area contributed by atoms with Gasteiger partial charge in [0.15, 0.2) is 18.0 Å². The number of furan rings is 1. The summed E-state index contributed by atoms with van der Waals surface area (Å²) in [5.41, 5.74) is 0. The summed E-state index contributed by atoms with van der Waals surface area (Å²) in [5.74, 6) is -5.44. The minimum absolute atomic E-state index is 0.478. The van der Waals surface area contributed by atoms with Gasteiger partial charge in [-0.05, 0) is 6.07 Å². The van der Waals surface area contributed by atoms with Gasteiger partial charge in [0.2, 0.25) is 6.29 Å². The van der Waals surface area contributed by atoms with Gasteiger partial charge in [0, 0.05) is 27.7 Å². The van der Waals surface area contributed by atoms with E-state index in [1.54, 1.807) is 0 Å². The Morgan fingerprint density at radius 2 is 1.53 bits per heavy atom. The molecule has 2 rings (SSSR count). The van der Waals surface area contributed by atoms with Gasteiger partial charge >= 0.3 is 29.8 Å². The first kappa shape index (κ1) is 26.2. The van der Waals surface area contributed by atoms with Crippen molar-refractivity contribution in [3.05, 3.63) is 28.0 Å². The van der Waals surface area contributed by atoms with Gasteiger partial charge in [-0.2, -0.15) is 0 Å². The third kappa shape index (κ3) is 6.99. The Balaban J connectivity index is 2.44. The average molecular weight is 486 g/mol. The van der Waals surface area contributed by atoms with Crippen molar-refractivity contribution in [1.29, 1.82) is 0 Å². The number of nitrogens with one attached hydrogen (secondary N) is 1. The fraction of sp³-hybridized carbons (Fsp3) is 0.526. The lowest BCUT2D eigenvalue weighted by molar-refractivity contribution is -0.402.